The molecule has 0 rings (SSSR count). The Labute approximate surface area is 80.8 Å². The number of nitrogens with one attached hydrogen (secondary N) is 1. The van der Waals surface area contributed by atoms with Gasteiger partial charge in [0.05, 0.1) is 7.11 Å². The molecule has 2 unspecified atom stereocenters. The van der Waals surface area contributed by atoms with E-state index >= 15 is 0 Å². The minimum absolute atomic E-state index is 0.134. The van der Waals surface area contributed by atoms with Gasteiger partial charge >= 0.3 is 5.97 Å². The molecule has 0 aromatic rings. The first-order valence-electron chi connectivity index (χ1n) is 4.99. The summed E-state index contributed by atoms with van der Waals surface area (Å²) in [6.07, 6.45) is 2.86. The molecule has 3 heteroatoms. The van der Waals surface area contributed by atoms with Gasteiger partial charge in [0.1, 0.15) is 6.04 Å². The first-order valence-corrected chi connectivity index (χ1v) is 4.99. The van der Waals surface area contributed by atoms with E-state index in [1.807, 2.05) is 0 Å². The molecule has 1 N–H and O–H groups in total. The SMILES string of the molecule is CCCC(NC(C)CC)C(=O)OC. The van der Waals surface area contributed by atoms with Crippen molar-refractivity contribution in [3.63, 3.8) is 0 Å². The number of hydrogen-bond acceptors (Lipinski definition) is 3. The summed E-state index contributed by atoms with van der Waals surface area (Å²) < 4.78 is 4.71. The van der Waals surface area contributed by atoms with Crippen LogP contribution in [0.25, 0.3) is 0 Å². The lowest BCUT2D eigenvalue weighted by atomic mass is 10.1. The molecule has 0 spiro atoms. The van der Waals surface area contributed by atoms with E-state index in [9.17, 15) is 4.79 Å². The van der Waals surface area contributed by atoms with E-state index in [1.54, 1.807) is 0 Å². The van der Waals surface area contributed by atoms with E-state index in [1.165, 1.54) is 7.11 Å². The van der Waals surface area contributed by atoms with Crippen molar-refractivity contribution >= 4 is 5.97 Å². The average Bonchev–Trinajstić information content (AvgIpc) is 2.15. The van der Waals surface area contributed by atoms with Crippen LogP contribution in [-0.2, 0) is 9.53 Å². The van der Waals surface area contributed by atoms with Gasteiger partial charge in [-0.1, -0.05) is 20.3 Å². The van der Waals surface area contributed by atoms with Gasteiger partial charge in [-0.05, 0) is 19.8 Å². The molecule has 0 aliphatic heterocycles. The smallest absolute Gasteiger partial charge is 0.322 e. The maximum Gasteiger partial charge on any atom is 0.322 e. The fourth-order valence-corrected chi connectivity index (χ4v) is 1.16. The first-order chi connectivity index (χ1) is 6.15. The van der Waals surface area contributed by atoms with Gasteiger partial charge in [-0.2, -0.15) is 0 Å². The number of carbonyl (C=O) groups excluding carboxylic acids is 1. The van der Waals surface area contributed by atoms with Crippen molar-refractivity contribution in [2.45, 2.75) is 52.1 Å². The molecule has 0 saturated heterocycles. The van der Waals surface area contributed by atoms with Crippen LogP contribution >= 0.6 is 0 Å². The van der Waals surface area contributed by atoms with Crippen LogP contribution in [0.3, 0.4) is 0 Å². The molecule has 0 aliphatic rings. The summed E-state index contributed by atoms with van der Waals surface area (Å²) in [7, 11) is 1.43. The van der Waals surface area contributed by atoms with Crippen molar-refractivity contribution in [1.29, 1.82) is 0 Å². The normalized spacial score (nSPS) is 15.1. The molecule has 0 fully saturated rings. The van der Waals surface area contributed by atoms with E-state index in [-0.39, 0.29) is 12.0 Å². The molecule has 0 radical (unpaired) electrons. The molecule has 0 aromatic heterocycles. The van der Waals surface area contributed by atoms with Gasteiger partial charge in [-0.25, -0.2) is 0 Å². The maximum atomic E-state index is 11.3. The van der Waals surface area contributed by atoms with Crippen molar-refractivity contribution in [3.8, 4) is 0 Å². The molecule has 0 bridgehead atoms. The number of esters is 1. The lowest BCUT2D eigenvalue weighted by molar-refractivity contribution is -0.143. The van der Waals surface area contributed by atoms with E-state index in [0.29, 0.717) is 6.04 Å². The Kier molecular flexibility index (Phi) is 6.59. The van der Waals surface area contributed by atoms with Crippen LogP contribution in [0.4, 0.5) is 0 Å². The lowest BCUT2D eigenvalue weighted by Crippen LogP contribution is -2.42. The van der Waals surface area contributed by atoms with Gasteiger partial charge in [0.2, 0.25) is 0 Å². The molecule has 0 aromatic carbocycles. The Balaban J connectivity index is 4.00. The first kappa shape index (κ1) is 12.4. The predicted molar refractivity (Wildman–Crippen MR) is 53.6 cm³/mol. The summed E-state index contributed by atoms with van der Waals surface area (Å²) in [5.74, 6) is -0.151. The summed E-state index contributed by atoms with van der Waals surface area (Å²) in [5.41, 5.74) is 0. The Morgan fingerprint density at radius 1 is 1.46 bits per heavy atom. The molecule has 3 nitrogen and oxygen atoms in total. The van der Waals surface area contributed by atoms with Crippen LogP contribution in [0.1, 0.15) is 40.0 Å². The zero-order valence-electron chi connectivity index (χ0n) is 9.09. The molecule has 0 amide bonds. The number of ether oxygens (including phenoxy) is 1. The van der Waals surface area contributed by atoms with E-state index in [0.717, 1.165) is 19.3 Å². The summed E-state index contributed by atoms with van der Waals surface area (Å²) in [4.78, 5) is 11.3. The largest absolute Gasteiger partial charge is 0.468 e. The zero-order valence-corrected chi connectivity index (χ0v) is 9.09. The Morgan fingerprint density at radius 3 is 2.46 bits per heavy atom. The highest BCUT2D eigenvalue weighted by Crippen LogP contribution is 2.01. The van der Waals surface area contributed by atoms with Gasteiger partial charge in [0.15, 0.2) is 0 Å². The topological polar surface area (TPSA) is 38.3 Å². The third kappa shape index (κ3) is 4.88. The van der Waals surface area contributed by atoms with Crippen LogP contribution in [0, 0.1) is 0 Å². The molecular weight excluding hydrogens is 166 g/mol. The number of carbonyl (C=O) groups is 1. The van der Waals surface area contributed by atoms with Crippen molar-refractivity contribution in [2.75, 3.05) is 7.11 Å². The third-order valence-corrected chi connectivity index (χ3v) is 2.16. The van der Waals surface area contributed by atoms with Crippen molar-refractivity contribution in [1.82, 2.24) is 5.32 Å². The van der Waals surface area contributed by atoms with Crippen LogP contribution in [0.15, 0.2) is 0 Å². The Morgan fingerprint density at radius 2 is 2.08 bits per heavy atom. The summed E-state index contributed by atoms with van der Waals surface area (Å²) >= 11 is 0. The molecule has 13 heavy (non-hydrogen) atoms. The molecule has 0 heterocycles. The second-order valence-corrected chi connectivity index (χ2v) is 3.34. The van der Waals surface area contributed by atoms with Crippen molar-refractivity contribution in [3.05, 3.63) is 0 Å². The second-order valence-electron chi connectivity index (χ2n) is 3.34. The monoisotopic (exact) mass is 187 g/mol. The average molecular weight is 187 g/mol. The highest BCUT2D eigenvalue weighted by molar-refractivity contribution is 5.75. The van der Waals surface area contributed by atoms with Gasteiger partial charge < -0.3 is 10.1 Å². The standard InChI is InChI=1S/C10H21NO2/c1-5-7-9(10(12)13-4)11-8(3)6-2/h8-9,11H,5-7H2,1-4H3. The summed E-state index contributed by atoms with van der Waals surface area (Å²) in [5, 5.41) is 3.24. The molecule has 78 valence electrons. The van der Waals surface area contributed by atoms with Crippen LogP contribution in [0.5, 0.6) is 0 Å². The van der Waals surface area contributed by atoms with Gasteiger partial charge in [-0.3, -0.25) is 4.79 Å². The maximum absolute atomic E-state index is 11.3. The van der Waals surface area contributed by atoms with Crippen molar-refractivity contribution in [2.24, 2.45) is 0 Å². The zero-order chi connectivity index (χ0) is 10.3. The van der Waals surface area contributed by atoms with E-state index in [2.05, 4.69) is 26.1 Å². The number of hydrogen-bond donors (Lipinski definition) is 1. The Bertz CT molecular complexity index is 148. The number of rotatable bonds is 6. The molecule has 0 aliphatic carbocycles. The minimum Gasteiger partial charge on any atom is -0.468 e. The van der Waals surface area contributed by atoms with E-state index < -0.39 is 0 Å². The van der Waals surface area contributed by atoms with Gasteiger partial charge in [-0.15, -0.1) is 0 Å². The fourth-order valence-electron chi connectivity index (χ4n) is 1.16. The summed E-state index contributed by atoms with van der Waals surface area (Å²) in [6.45, 7) is 6.23. The van der Waals surface area contributed by atoms with Gasteiger partial charge in [0, 0.05) is 6.04 Å². The van der Waals surface area contributed by atoms with Crippen molar-refractivity contribution < 1.29 is 9.53 Å². The quantitative estimate of drug-likeness (QED) is 0.643. The highest BCUT2D eigenvalue weighted by Gasteiger charge is 2.18. The van der Waals surface area contributed by atoms with E-state index in [4.69, 9.17) is 4.74 Å². The molecule has 2 atom stereocenters. The van der Waals surface area contributed by atoms with Gasteiger partial charge in [0.25, 0.3) is 0 Å². The molecule has 0 saturated carbocycles. The molecular formula is C10H21NO2. The predicted octanol–water partition coefficient (Wildman–Crippen LogP) is 1.72. The summed E-state index contributed by atoms with van der Waals surface area (Å²) in [6, 6.07) is 0.237. The number of methoxy groups -OCH3 is 1. The minimum atomic E-state index is -0.151. The fraction of sp³-hybridized carbons (Fsp3) is 0.900. The third-order valence-electron chi connectivity index (χ3n) is 2.16. The van der Waals surface area contributed by atoms with Crippen LogP contribution in [0.2, 0.25) is 0 Å². The lowest BCUT2D eigenvalue weighted by Gasteiger charge is -2.19. The van der Waals surface area contributed by atoms with Crippen LogP contribution < -0.4 is 5.32 Å². The Hall–Kier alpha value is -0.570. The second kappa shape index (κ2) is 6.89. The highest BCUT2D eigenvalue weighted by atomic mass is 16.5. The van der Waals surface area contributed by atoms with Crippen LogP contribution in [-0.4, -0.2) is 25.2 Å².